The maximum atomic E-state index is 12.7. The number of hydrogen-bond donors (Lipinski definition) is 0. The lowest BCUT2D eigenvalue weighted by Gasteiger charge is -2.37. The van der Waals surface area contributed by atoms with Crippen molar-refractivity contribution in [1.82, 2.24) is 4.90 Å². The minimum atomic E-state index is 0.258. The number of hydrogen-bond acceptors (Lipinski definition) is 3. The van der Waals surface area contributed by atoms with E-state index in [1.165, 1.54) is 44.9 Å². The van der Waals surface area contributed by atoms with E-state index < -0.39 is 0 Å². The number of nitrogens with zero attached hydrogens (tertiary/aromatic N) is 1. The van der Waals surface area contributed by atoms with Crippen LogP contribution in [0, 0.1) is 5.92 Å². The van der Waals surface area contributed by atoms with Crippen LogP contribution < -0.4 is 0 Å². The number of rotatable bonds is 8. The summed E-state index contributed by atoms with van der Waals surface area (Å²) < 4.78 is 11.2. The molecule has 1 amide bonds. The van der Waals surface area contributed by atoms with Crippen LogP contribution in [0.4, 0.5) is 0 Å². The maximum Gasteiger partial charge on any atom is 0.225 e. The minimum absolute atomic E-state index is 0.258. The highest BCUT2D eigenvalue weighted by Gasteiger charge is 2.38. The van der Waals surface area contributed by atoms with Gasteiger partial charge in [-0.05, 0) is 57.3 Å². The van der Waals surface area contributed by atoms with Crippen molar-refractivity contribution in [2.24, 2.45) is 5.92 Å². The van der Waals surface area contributed by atoms with Crippen LogP contribution in [0.2, 0.25) is 0 Å². The van der Waals surface area contributed by atoms with Crippen LogP contribution in [-0.4, -0.2) is 48.8 Å². The fraction of sp³-hybridized carbons (Fsp3) is 0.947. The molecule has 2 saturated carbocycles. The van der Waals surface area contributed by atoms with Gasteiger partial charge in [-0.2, -0.15) is 0 Å². The van der Waals surface area contributed by atoms with E-state index in [0.29, 0.717) is 37.6 Å². The first-order chi connectivity index (χ1) is 11.3. The molecule has 2 aliphatic carbocycles. The molecule has 3 rings (SSSR count). The van der Waals surface area contributed by atoms with Crippen LogP contribution in [0.1, 0.15) is 71.1 Å². The number of ether oxygens (including phenoxy) is 2. The number of carbonyl (C=O) groups excluding carboxylic acids is 1. The topological polar surface area (TPSA) is 38.8 Å². The largest absolute Gasteiger partial charge is 0.378 e. The lowest BCUT2D eigenvalue weighted by atomic mass is 9.83. The highest BCUT2D eigenvalue weighted by atomic mass is 16.5. The zero-order valence-electron chi connectivity index (χ0n) is 14.7. The summed E-state index contributed by atoms with van der Waals surface area (Å²) in [4.78, 5) is 14.9. The van der Waals surface area contributed by atoms with Crippen LogP contribution in [0.15, 0.2) is 0 Å². The second kappa shape index (κ2) is 8.48. The van der Waals surface area contributed by atoms with Gasteiger partial charge in [-0.25, -0.2) is 0 Å². The molecule has 0 aromatic carbocycles. The third-order valence-electron chi connectivity index (χ3n) is 5.80. The van der Waals surface area contributed by atoms with E-state index in [-0.39, 0.29) is 6.10 Å². The highest BCUT2D eigenvalue weighted by Crippen LogP contribution is 2.36. The summed E-state index contributed by atoms with van der Waals surface area (Å²) in [6, 6.07) is 1.03. The normalized spacial score (nSPS) is 31.3. The molecule has 0 aromatic rings. The van der Waals surface area contributed by atoms with Gasteiger partial charge in [-0.15, -0.1) is 0 Å². The van der Waals surface area contributed by atoms with E-state index >= 15 is 0 Å². The van der Waals surface area contributed by atoms with Crippen molar-refractivity contribution in [3.8, 4) is 0 Å². The molecule has 0 aromatic heterocycles. The molecule has 4 heteroatoms. The van der Waals surface area contributed by atoms with Gasteiger partial charge in [-0.1, -0.05) is 13.3 Å². The number of amides is 1. The van der Waals surface area contributed by atoms with Gasteiger partial charge in [0.25, 0.3) is 0 Å². The summed E-state index contributed by atoms with van der Waals surface area (Å²) in [6.45, 7) is 4.35. The van der Waals surface area contributed by atoms with E-state index in [0.717, 1.165) is 25.4 Å². The first-order valence-corrected chi connectivity index (χ1v) is 9.78. The molecule has 1 heterocycles. The maximum absolute atomic E-state index is 12.7. The fourth-order valence-corrected chi connectivity index (χ4v) is 4.17. The first-order valence-electron chi connectivity index (χ1n) is 9.78. The summed E-state index contributed by atoms with van der Waals surface area (Å²) >= 11 is 0. The molecule has 1 aliphatic heterocycles. The summed E-state index contributed by atoms with van der Waals surface area (Å²) in [6.07, 6.45) is 11.7. The van der Waals surface area contributed by atoms with Gasteiger partial charge in [0.1, 0.15) is 0 Å². The second-order valence-electron chi connectivity index (χ2n) is 7.57. The molecule has 4 nitrogen and oxygen atoms in total. The van der Waals surface area contributed by atoms with Crippen LogP contribution in [0.3, 0.4) is 0 Å². The SMILES string of the molecule is CCC1CCC(N(C(=O)CCOCC2CCCO2)C2CC2)CC1. The molecule has 1 atom stereocenters. The molecule has 23 heavy (non-hydrogen) atoms. The van der Waals surface area contributed by atoms with Crippen molar-refractivity contribution in [2.75, 3.05) is 19.8 Å². The van der Waals surface area contributed by atoms with E-state index in [2.05, 4.69) is 11.8 Å². The van der Waals surface area contributed by atoms with Crippen LogP contribution in [0.25, 0.3) is 0 Å². The van der Waals surface area contributed by atoms with Crippen molar-refractivity contribution in [3.63, 3.8) is 0 Å². The molecule has 3 aliphatic rings. The van der Waals surface area contributed by atoms with E-state index in [1.807, 2.05) is 0 Å². The van der Waals surface area contributed by atoms with Gasteiger partial charge < -0.3 is 14.4 Å². The molecule has 3 fully saturated rings. The zero-order valence-corrected chi connectivity index (χ0v) is 14.7. The van der Waals surface area contributed by atoms with Crippen LogP contribution >= 0.6 is 0 Å². The average molecular weight is 323 g/mol. The van der Waals surface area contributed by atoms with E-state index in [4.69, 9.17) is 9.47 Å². The number of carbonyl (C=O) groups is 1. The van der Waals surface area contributed by atoms with Crippen molar-refractivity contribution < 1.29 is 14.3 Å². The monoisotopic (exact) mass is 323 g/mol. The molecule has 132 valence electrons. The van der Waals surface area contributed by atoms with Crippen LogP contribution in [0.5, 0.6) is 0 Å². The van der Waals surface area contributed by atoms with E-state index in [9.17, 15) is 4.79 Å². The Morgan fingerprint density at radius 3 is 2.35 bits per heavy atom. The Labute approximate surface area is 140 Å². The molecular weight excluding hydrogens is 290 g/mol. The standard InChI is InChI=1S/C19H33NO3/c1-2-15-5-7-16(8-6-15)20(17-9-10-17)19(21)11-13-22-14-18-4-3-12-23-18/h15-18H,2-14H2,1H3. The van der Waals surface area contributed by atoms with Gasteiger partial charge in [0.05, 0.1) is 25.7 Å². The second-order valence-corrected chi connectivity index (χ2v) is 7.57. The molecule has 1 unspecified atom stereocenters. The van der Waals surface area contributed by atoms with Crippen molar-refractivity contribution in [3.05, 3.63) is 0 Å². The Balaban J connectivity index is 1.40. The van der Waals surface area contributed by atoms with Gasteiger partial charge in [0.15, 0.2) is 0 Å². The van der Waals surface area contributed by atoms with E-state index in [1.54, 1.807) is 0 Å². The predicted molar refractivity (Wildman–Crippen MR) is 90.3 cm³/mol. The van der Waals surface area contributed by atoms with Gasteiger partial charge >= 0.3 is 0 Å². The third kappa shape index (κ3) is 4.93. The van der Waals surface area contributed by atoms with Gasteiger partial charge in [0.2, 0.25) is 5.91 Å². The quantitative estimate of drug-likeness (QED) is 0.641. The summed E-state index contributed by atoms with van der Waals surface area (Å²) in [7, 11) is 0. The van der Waals surface area contributed by atoms with Crippen molar-refractivity contribution in [2.45, 2.75) is 89.3 Å². The molecule has 0 radical (unpaired) electrons. The minimum Gasteiger partial charge on any atom is -0.378 e. The molecule has 1 saturated heterocycles. The Hall–Kier alpha value is -0.610. The van der Waals surface area contributed by atoms with Gasteiger partial charge in [-0.3, -0.25) is 4.79 Å². The molecule has 0 bridgehead atoms. The first kappa shape index (κ1) is 17.2. The summed E-state index contributed by atoms with van der Waals surface area (Å²) in [5, 5.41) is 0. The smallest absolute Gasteiger partial charge is 0.225 e. The summed E-state index contributed by atoms with van der Waals surface area (Å²) in [5.74, 6) is 1.21. The molecular formula is C19H33NO3. The Bertz CT molecular complexity index is 369. The van der Waals surface area contributed by atoms with Crippen LogP contribution in [-0.2, 0) is 14.3 Å². The Morgan fingerprint density at radius 1 is 1.09 bits per heavy atom. The average Bonchev–Trinajstić information content (AvgIpc) is 3.27. The van der Waals surface area contributed by atoms with Crippen molar-refractivity contribution >= 4 is 5.91 Å². The summed E-state index contributed by atoms with van der Waals surface area (Å²) in [5.41, 5.74) is 0. The van der Waals surface area contributed by atoms with Gasteiger partial charge in [0, 0.05) is 18.7 Å². The fourth-order valence-electron chi connectivity index (χ4n) is 4.17. The Kier molecular flexibility index (Phi) is 6.35. The lowest BCUT2D eigenvalue weighted by molar-refractivity contribution is -0.136. The molecule has 0 N–H and O–H groups in total. The zero-order chi connectivity index (χ0) is 16.1. The van der Waals surface area contributed by atoms with Crippen molar-refractivity contribution in [1.29, 1.82) is 0 Å². The lowest BCUT2D eigenvalue weighted by Crippen LogP contribution is -2.44. The third-order valence-corrected chi connectivity index (χ3v) is 5.80. The highest BCUT2D eigenvalue weighted by molar-refractivity contribution is 5.77. The molecule has 0 spiro atoms. The predicted octanol–water partition coefficient (Wildman–Crippen LogP) is 3.53. The Morgan fingerprint density at radius 2 is 1.78 bits per heavy atom.